The Morgan fingerprint density at radius 1 is 1.04 bits per heavy atom. The van der Waals surface area contributed by atoms with Crippen molar-refractivity contribution < 1.29 is 9.53 Å². The Labute approximate surface area is 164 Å². The normalized spacial score (nSPS) is 10.4. The SMILES string of the molecule is CCCCCCOc1ccc(NCC(=O)Nc2ccc(Cl)cc2Cl)cc1. The van der Waals surface area contributed by atoms with Gasteiger partial charge in [0.2, 0.25) is 5.91 Å². The first-order chi connectivity index (χ1) is 12.6. The van der Waals surface area contributed by atoms with Crippen molar-refractivity contribution in [1.29, 1.82) is 0 Å². The van der Waals surface area contributed by atoms with Gasteiger partial charge >= 0.3 is 0 Å². The number of halogens is 2. The van der Waals surface area contributed by atoms with Crippen LogP contribution < -0.4 is 15.4 Å². The first-order valence-corrected chi connectivity index (χ1v) is 9.55. The monoisotopic (exact) mass is 394 g/mol. The van der Waals surface area contributed by atoms with E-state index in [-0.39, 0.29) is 12.5 Å². The van der Waals surface area contributed by atoms with E-state index in [9.17, 15) is 4.79 Å². The van der Waals surface area contributed by atoms with Crippen LogP contribution in [0.5, 0.6) is 5.75 Å². The molecule has 2 rings (SSSR count). The minimum absolute atomic E-state index is 0.135. The highest BCUT2D eigenvalue weighted by molar-refractivity contribution is 6.36. The average molecular weight is 395 g/mol. The largest absolute Gasteiger partial charge is 0.494 e. The lowest BCUT2D eigenvalue weighted by Gasteiger charge is -2.10. The number of hydrogen-bond acceptors (Lipinski definition) is 3. The Kier molecular flexibility index (Phi) is 8.59. The molecule has 0 atom stereocenters. The van der Waals surface area contributed by atoms with Crippen molar-refractivity contribution in [3.05, 3.63) is 52.5 Å². The third-order valence-electron chi connectivity index (χ3n) is 3.78. The van der Waals surface area contributed by atoms with E-state index in [1.165, 1.54) is 19.3 Å². The zero-order chi connectivity index (χ0) is 18.8. The van der Waals surface area contributed by atoms with Gasteiger partial charge in [0, 0.05) is 10.7 Å². The number of carbonyl (C=O) groups is 1. The van der Waals surface area contributed by atoms with Crippen LogP contribution >= 0.6 is 23.2 Å². The summed E-state index contributed by atoms with van der Waals surface area (Å²) in [5, 5.41) is 6.75. The molecule has 0 unspecified atom stereocenters. The highest BCUT2D eigenvalue weighted by Gasteiger charge is 2.06. The van der Waals surface area contributed by atoms with Crippen molar-refractivity contribution >= 4 is 40.5 Å². The molecule has 0 fully saturated rings. The van der Waals surface area contributed by atoms with Gasteiger partial charge in [-0.15, -0.1) is 0 Å². The van der Waals surface area contributed by atoms with Crippen molar-refractivity contribution in [2.24, 2.45) is 0 Å². The van der Waals surface area contributed by atoms with Gasteiger partial charge in [0.25, 0.3) is 0 Å². The number of anilines is 2. The molecular formula is C20H24Cl2N2O2. The molecule has 0 saturated heterocycles. The summed E-state index contributed by atoms with van der Waals surface area (Å²) in [6, 6.07) is 12.5. The molecule has 26 heavy (non-hydrogen) atoms. The number of nitrogens with one attached hydrogen (secondary N) is 2. The number of hydrogen-bond donors (Lipinski definition) is 2. The van der Waals surface area contributed by atoms with Gasteiger partial charge in [-0.3, -0.25) is 4.79 Å². The summed E-state index contributed by atoms with van der Waals surface area (Å²) in [5.74, 6) is 0.648. The Morgan fingerprint density at radius 2 is 1.81 bits per heavy atom. The number of rotatable bonds is 10. The van der Waals surface area contributed by atoms with Gasteiger partial charge in [-0.25, -0.2) is 0 Å². The molecule has 0 aliphatic carbocycles. The second-order valence-electron chi connectivity index (χ2n) is 5.96. The van der Waals surface area contributed by atoms with E-state index >= 15 is 0 Å². The summed E-state index contributed by atoms with van der Waals surface area (Å²) in [5.41, 5.74) is 1.38. The van der Waals surface area contributed by atoms with E-state index < -0.39 is 0 Å². The summed E-state index contributed by atoms with van der Waals surface area (Å²) in [6.07, 6.45) is 4.73. The molecule has 140 valence electrons. The molecule has 4 nitrogen and oxygen atoms in total. The van der Waals surface area contributed by atoms with Crippen molar-refractivity contribution in [2.45, 2.75) is 32.6 Å². The van der Waals surface area contributed by atoms with Crippen LogP contribution in [0, 0.1) is 0 Å². The lowest BCUT2D eigenvalue weighted by Crippen LogP contribution is -2.21. The molecule has 0 aromatic heterocycles. The molecule has 0 aliphatic heterocycles. The predicted octanol–water partition coefficient (Wildman–Crippen LogP) is 6.00. The van der Waals surface area contributed by atoms with E-state index in [1.807, 2.05) is 24.3 Å². The molecule has 2 aromatic rings. The van der Waals surface area contributed by atoms with Crippen LogP contribution in [0.3, 0.4) is 0 Å². The number of ether oxygens (including phenoxy) is 1. The maximum atomic E-state index is 12.0. The Balaban J connectivity index is 1.74. The standard InChI is InChI=1S/C20H24Cl2N2O2/c1-2-3-4-5-12-26-17-9-7-16(8-10-17)23-14-20(25)24-19-11-6-15(21)13-18(19)22/h6-11,13,23H,2-5,12,14H2,1H3,(H,24,25). The molecule has 0 radical (unpaired) electrons. The summed E-state index contributed by atoms with van der Waals surface area (Å²) in [6.45, 7) is 3.06. The molecule has 0 saturated carbocycles. The van der Waals surface area contributed by atoms with Gasteiger partial charge in [0.1, 0.15) is 5.75 Å². The van der Waals surface area contributed by atoms with Crippen LogP contribution in [-0.2, 0) is 4.79 Å². The van der Waals surface area contributed by atoms with Crippen LogP contribution in [-0.4, -0.2) is 19.1 Å². The summed E-state index contributed by atoms with van der Waals surface area (Å²) in [7, 11) is 0. The molecule has 0 heterocycles. The maximum Gasteiger partial charge on any atom is 0.243 e. The zero-order valence-electron chi connectivity index (χ0n) is 14.9. The summed E-state index contributed by atoms with van der Waals surface area (Å²) >= 11 is 11.9. The fraction of sp³-hybridized carbons (Fsp3) is 0.350. The number of amides is 1. The second kappa shape index (κ2) is 10.9. The molecule has 0 bridgehead atoms. The molecule has 2 N–H and O–H groups in total. The fourth-order valence-corrected chi connectivity index (χ4v) is 2.81. The lowest BCUT2D eigenvalue weighted by atomic mass is 10.2. The van der Waals surface area contributed by atoms with Gasteiger partial charge in [-0.05, 0) is 48.9 Å². The van der Waals surface area contributed by atoms with E-state index in [1.54, 1.807) is 18.2 Å². The average Bonchev–Trinajstić information content (AvgIpc) is 2.63. The first kappa shape index (κ1) is 20.4. The number of carbonyl (C=O) groups excluding carboxylic acids is 1. The quantitative estimate of drug-likeness (QED) is 0.485. The highest BCUT2D eigenvalue weighted by atomic mass is 35.5. The molecule has 0 aliphatic rings. The van der Waals surface area contributed by atoms with Crippen molar-refractivity contribution in [2.75, 3.05) is 23.8 Å². The molecular weight excluding hydrogens is 371 g/mol. The number of benzene rings is 2. The first-order valence-electron chi connectivity index (χ1n) is 8.80. The van der Waals surface area contributed by atoms with Crippen LogP contribution in [0.4, 0.5) is 11.4 Å². The van der Waals surface area contributed by atoms with Crippen molar-refractivity contribution in [3.63, 3.8) is 0 Å². The second-order valence-corrected chi connectivity index (χ2v) is 6.80. The minimum Gasteiger partial charge on any atom is -0.494 e. The molecule has 6 heteroatoms. The fourth-order valence-electron chi connectivity index (χ4n) is 2.36. The van der Waals surface area contributed by atoms with Gasteiger partial charge in [0.05, 0.1) is 23.9 Å². The molecule has 2 aromatic carbocycles. The van der Waals surface area contributed by atoms with Crippen LogP contribution in [0.25, 0.3) is 0 Å². The zero-order valence-corrected chi connectivity index (χ0v) is 16.4. The van der Waals surface area contributed by atoms with E-state index in [2.05, 4.69) is 17.6 Å². The lowest BCUT2D eigenvalue weighted by molar-refractivity contribution is -0.114. The third kappa shape index (κ3) is 7.14. The highest BCUT2D eigenvalue weighted by Crippen LogP contribution is 2.25. The van der Waals surface area contributed by atoms with Crippen molar-refractivity contribution in [3.8, 4) is 5.75 Å². The van der Waals surface area contributed by atoms with Gasteiger partial charge in [-0.1, -0.05) is 49.4 Å². The molecule has 1 amide bonds. The minimum atomic E-state index is -0.189. The summed E-state index contributed by atoms with van der Waals surface area (Å²) < 4.78 is 5.70. The van der Waals surface area contributed by atoms with Gasteiger partial charge in [-0.2, -0.15) is 0 Å². The third-order valence-corrected chi connectivity index (χ3v) is 4.33. The Bertz CT molecular complexity index is 705. The van der Waals surface area contributed by atoms with Crippen LogP contribution in [0.1, 0.15) is 32.6 Å². The smallest absolute Gasteiger partial charge is 0.243 e. The Morgan fingerprint density at radius 3 is 2.50 bits per heavy atom. The topological polar surface area (TPSA) is 50.4 Å². The van der Waals surface area contributed by atoms with Crippen LogP contribution in [0.15, 0.2) is 42.5 Å². The van der Waals surface area contributed by atoms with E-state index in [0.717, 1.165) is 24.5 Å². The van der Waals surface area contributed by atoms with Crippen molar-refractivity contribution in [1.82, 2.24) is 0 Å². The maximum absolute atomic E-state index is 12.0. The van der Waals surface area contributed by atoms with E-state index in [4.69, 9.17) is 27.9 Å². The Hall–Kier alpha value is -1.91. The van der Waals surface area contributed by atoms with Crippen LogP contribution in [0.2, 0.25) is 10.0 Å². The van der Waals surface area contributed by atoms with Gasteiger partial charge < -0.3 is 15.4 Å². The van der Waals surface area contributed by atoms with E-state index in [0.29, 0.717) is 15.7 Å². The predicted molar refractivity (Wildman–Crippen MR) is 110 cm³/mol. The van der Waals surface area contributed by atoms with Gasteiger partial charge in [0.15, 0.2) is 0 Å². The summed E-state index contributed by atoms with van der Waals surface area (Å²) in [4.78, 5) is 12.0. The number of unbranched alkanes of at least 4 members (excludes halogenated alkanes) is 3. The molecule has 0 spiro atoms.